The Bertz CT molecular complexity index is 297. The first-order valence-corrected chi connectivity index (χ1v) is 6.44. The zero-order valence-corrected chi connectivity index (χ0v) is 12.1. The maximum absolute atomic E-state index is 4.33. The Morgan fingerprint density at radius 1 is 1.24 bits per heavy atom. The summed E-state index contributed by atoms with van der Waals surface area (Å²) in [7, 11) is 2.01. The van der Waals surface area contributed by atoms with Crippen molar-refractivity contribution in [3.63, 3.8) is 0 Å². The van der Waals surface area contributed by atoms with Crippen LogP contribution in [0.15, 0.2) is 6.07 Å². The molecule has 0 saturated carbocycles. The number of halogens is 1. The Morgan fingerprint density at radius 2 is 1.94 bits per heavy atom. The van der Waals surface area contributed by atoms with E-state index >= 15 is 0 Å². The standard InChI is InChI=1S/C13H25N3.ClH/c1-4-5-6-7-8-9-14-11-13-10-12(2)15-16(13)3;/h10,14H,4-9,11H2,1-3H3;1H. The average molecular weight is 260 g/mol. The lowest BCUT2D eigenvalue weighted by Crippen LogP contribution is -2.16. The first-order valence-electron chi connectivity index (χ1n) is 6.44. The van der Waals surface area contributed by atoms with E-state index in [1.54, 1.807) is 0 Å². The third-order valence-corrected chi connectivity index (χ3v) is 2.86. The van der Waals surface area contributed by atoms with Crippen molar-refractivity contribution in [2.75, 3.05) is 6.54 Å². The maximum atomic E-state index is 4.33. The van der Waals surface area contributed by atoms with Gasteiger partial charge in [-0.25, -0.2) is 0 Å². The maximum Gasteiger partial charge on any atom is 0.0597 e. The van der Waals surface area contributed by atoms with Gasteiger partial charge in [0, 0.05) is 13.6 Å². The van der Waals surface area contributed by atoms with Gasteiger partial charge in [0.05, 0.1) is 11.4 Å². The van der Waals surface area contributed by atoms with Crippen LogP contribution < -0.4 is 5.32 Å². The van der Waals surface area contributed by atoms with E-state index in [0.29, 0.717) is 0 Å². The zero-order chi connectivity index (χ0) is 11.8. The molecule has 17 heavy (non-hydrogen) atoms. The minimum atomic E-state index is 0. The van der Waals surface area contributed by atoms with Gasteiger partial charge in [0.25, 0.3) is 0 Å². The van der Waals surface area contributed by atoms with Crippen LogP contribution in [0.4, 0.5) is 0 Å². The molecule has 3 nitrogen and oxygen atoms in total. The molecule has 1 aromatic heterocycles. The van der Waals surface area contributed by atoms with Crippen molar-refractivity contribution in [3.05, 3.63) is 17.5 Å². The van der Waals surface area contributed by atoms with Gasteiger partial charge in [0.1, 0.15) is 0 Å². The lowest BCUT2D eigenvalue weighted by molar-refractivity contribution is 0.567. The third-order valence-electron chi connectivity index (χ3n) is 2.86. The molecule has 0 amide bonds. The number of nitrogens with one attached hydrogen (secondary N) is 1. The summed E-state index contributed by atoms with van der Waals surface area (Å²) < 4.78 is 1.96. The predicted octanol–water partition coefficient (Wildman–Crippen LogP) is 3.21. The van der Waals surface area contributed by atoms with Crippen LogP contribution in [-0.2, 0) is 13.6 Å². The highest BCUT2D eigenvalue weighted by atomic mass is 35.5. The third kappa shape index (κ3) is 6.69. The summed E-state index contributed by atoms with van der Waals surface area (Å²) in [5, 5.41) is 7.80. The Balaban J connectivity index is 0.00000256. The van der Waals surface area contributed by atoms with Gasteiger partial charge in [-0.2, -0.15) is 5.10 Å². The predicted molar refractivity (Wildman–Crippen MR) is 75.7 cm³/mol. The second-order valence-electron chi connectivity index (χ2n) is 4.49. The Kier molecular flexibility index (Phi) is 9.18. The molecule has 0 saturated heterocycles. The number of rotatable bonds is 8. The van der Waals surface area contributed by atoms with Crippen LogP contribution in [0.2, 0.25) is 0 Å². The number of hydrogen-bond donors (Lipinski definition) is 1. The summed E-state index contributed by atoms with van der Waals surface area (Å²) in [5.74, 6) is 0. The first-order chi connectivity index (χ1) is 7.74. The van der Waals surface area contributed by atoms with Gasteiger partial charge in [-0.1, -0.05) is 32.6 Å². The summed E-state index contributed by atoms with van der Waals surface area (Å²) in [5.41, 5.74) is 2.37. The van der Waals surface area contributed by atoms with Gasteiger partial charge in [-0.15, -0.1) is 12.4 Å². The van der Waals surface area contributed by atoms with Crippen molar-refractivity contribution in [1.82, 2.24) is 15.1 Å². The molecule has 0 radical (unpaired) electrons. The van der Waals surface area contributed by atoms with Gasteiger partial charge in [-0.05, 0) is 26.0 Å². The molecule has 0 spiro atoms. The Labute approximate surface area is 111 Å². The van der Waals surface area contributed by atoms with E-state index in [-0.39, 0.29) is 12.4 Å². The molecule has 0 unspecified atom stereocenters. The van der Waals surface area contributed by atoms with E-state index in [2.05, 4.69) is 23.4 Å². The van der Waals surface area contributed by atoms with E-state index in [1.165, 1.54) is 37.8 Å². The molecule has 100 valence electrons. The van der Waals surface area contributed by atoms with Gasteiger partial charge in [0.15, 0.2) is 0 Å². The molecule has 0 aliphatic carbocycles. The highest BCUT2D eigenvalue weighted by Gasteiger charge is 2.00. The van der Waals surface area contributed by atoms with Gasteiger partial charge < -0.3 is 5.32 Å². The monoisotopic (exact) mass is 259 g/mol. The van der Waals surface area contributed by atoms with Crippen LogP contribution in [0, 0.1) is 6.92 Å². The number of unbranched alkanes of at least 4 members (excludes halogenated alkanes) is 4. The first kappa shape index (κ1) is 16.5. The van der Waals surface area contributed by atoms with Crippen LogP contribution in [0.5, 0.6) is 0 Å². The molecule has 0 atom stereocenters. The van der Waals surface area contributed by atoms with Crippen molar-refractivity contribution < 1.29 is 0 Å². The van der Waals surface area contributed by atoms with Crippen LogP contribution >= 0.6 is 12.4 Å². The summed E-state index contributed by atoms with van der Waals surface area (Å²) in [6.45, 7) is 6.34. The molecule has 0 aromatic carbocycles. The van der Waals surface area contributed by atoms with Crippen molar-refractivity contribution in [3.8, 4) is 0 Å². The van der Waals surface area contributed by atoms with E-state index in [0.717, 1.165) is 18.8 Å². The average Bonchev–Trinajstić information content (AvgIpc) is 2.56. The van der Waals surface area contributed by atoms with E-state index in [4.69, 9.17) is 0 Å². The fourth-order valence-electron chi connectivity index (χ4n) is 1.90. The van der Waals surface area contributed by atoms with Crippen molar-refractivity contribution in [2.45, 2.75) is 52.5 Å². The number of aromatic nitrogens is 2. The zero-order valence-electron chi connectivity index (χ0n) is 11.3. The molecule has 1 N–H and O–H groups in total. The smallest absolute Gasteiger partial charge is 0.0597 e. The fourth-order valence-corrected chi connectivity index (χ4v) is 1.90. The summed E-state index contributed by atoms with van der Waals surface area (Å²) in [6, 6.07) is 2.14. The number of nitrogens with zero attached hydrogens (tertiary/aromatic N) is 2. The van der Waals surface area contributed by atoms with Crippen molar-refractivity contribution >= 4 is 12.4 Å². The second-order valence-corrected chi connectivity index (χ2v) is 4.49. The van der Waals surface area contributed by atoms with Crippen molar-refractivity contribution in [1.29, 1.82) is 0 Å². The lowest BCUT2D eigenvalue weighted by Gasteiger charge is -2.04. The summed E-state index contributed by atoms with van der Waals surface area (Å²) >= 11 is 0. The quantitative estimate of drug-likeness (QED) is 0.727. The van der Waals surface area contributed by atoms with E-state index in [9.17, 15) is 0 Å². The van der Waals surface area contributed by atoms with Crippen molar-refractivity contribution in [2.24, 2.45) is 7.05 Å². The number of hydrogen-bond acceptors (Lipinski definition) is 2. The Morgan fingerprint density at radius 3 is 2.53 bits per heavy atom. The van der Waals surface area contributed by atoms with E-state index in [1.807, 2.05) is 18.7 Å². The molecule has 0 fully saturated rings. The van der Waals surface area contributed by atoms with Crippen LogP contribution in [0.1, 0.15) is 50.4 Å². The minimum Gasteiger partial charge on any atom is -0.311 e. The molecular weight excluding hydrogens is 234 g/mol. The van der Waals surface area contributed by atoms with E-state index < -0.39 is 0 Å². The SMILES string of the molecule is CCCCCCCNCc1cc(C)nn1C.Cl. The molecule has 1 heterocycles. The van der Waals surface area contributed by atoms with Crippen LogP contribution in [-0.4, -0.2) is 16.3 Å². The lowest BCUT2D eigenvalue weighted by atomic mass is 10.1. The molecular formula is C13H26ClN3. The Hall–Kier alpha value is -0.540. The van der Waals surface area contributed by atoms with Gasteiger partial charge in [-0.3, -0.25) is 4.68 Å². The summed E-state index contributed by atoms with van der Waals surface area (Å²) in [6.07, 6.45) is 6.72. The molecule has 1 aromatic rings. The highest BCUT2D eigenvalue weighted by Crippen LogP contribution is 2.03. The molecule has 0 aliphatic rings. The van der Waals surface area contributed by atoms with Crippen LogP contribution in [0.25, 0.3) is 0 Å². The molecule has 0 aliphatic heterocycles. The number of aryl methyl sites for hydroxylation is 2. The van der Waals surface area contributed by atoms with Gasteiger partial charge >= 0.3 is 0 Å². The minimum absolute atomic E-state index is 0. The largest absolute Gasteiger partial charge is 0.311 e. The molecule has 0 bridgehead atoms. The molecule has 1 rings (SSSR count). The highest BCUT2D eigenvalue weighted by molar-refractivity contribution is 5.85. The van der Waals surface area contributed by atoms with Gasteiger partial charge in [0.2, 0.25) is 0 Å². The topological polar surface area (TPSA) is 29.9 Å². The molecule has 4 heteroatoms. The fraction of sp³-hybridized carbons (Fsp3) is 0.769. The normalized spacial score (nSPS) is 10.3. The summed E-state index contributed by atoms with van der Waals surface area (Å²) in [4.78, 5) is 0. The van der Waals surface area contributed by atoms with Crippen LogP contribution in [0.3, 0.4) is 0 Å². The second kappa shape index (κ2) is 9.49.